The molecule has 0 fully saturated rings. The van der Waals surface area contributed by atoms with E-state index in [0.717, 1.165) is 0 Å². The van der Waals surface area contributed by atoms with Crippen LogP contribution in [0.1, 0.15) is 30.6 Å². The molecule has 5 nitrogen and oxygen atoms in total. The summed E-state index contributed by atoms with van der Waals surface area (Å²) in [6.07, 6.45) is 0.708. The Morgan fingerprint density at radius 3 is 2.72 bits per heavy atom. The van der Waals surface area contributed by atoms with E-state index < -0.39 is 5.54 Å². The minimum atomic E-state index is -0.480. The van der Waals surface area contributed by atoms with E-state index in [1.165, 1.54) is 19.2 Å². The van der Waals surface area contributed by atoms with Crippen molar-refractivity contribution < 1.29 is 14.6 Å². The quantitative estimate of drug-likeness (QED) is 0.736. The van der Waals surface area contributed by atoms with E-state index in [2.05, 4.69) is 5.32 Å². The largest absolute Gasteiger partial charge is 0.507 e. The molecule has 4 N–H and O–H groups in total. The lowest BCUT2D eigenvalue weighted by Gasteiger charge is -2.28. The van der Waals surface area contributed by atoms with Crippen LogP contribution in [-0.2, 0) is 0 Å². The van der Waals surface area contributed by atoms with Gasteiger partial charge in [-0.1, -0.05) is 6.92 Å². The number of amides is 1. The van der Waals surface area contributed by atoms with Crippen molar-refractivity contribution in [2.75, 3.05) is 13.7 Å². The Bertz CT molecular complexity index is 428. The zero-order valence-corrected chi connectivity index (χ0v) is 11.0. The fourth-order valence-electron chi connectivity index (χ4n) is 1.45. The van der Waals surface area contributed by atoms with Gasteiger partial charge in [-0.3, -0.25) is 4.79 Å². The van der Waals surface area contributed by atoms with Gasteiger partial charge in [0.15, 0.2) is 0 Å². The van der Waals surface area contributed by atoms with Crippen LogP contribution in [0.15, 0.2) is 18.2 Å². The summed E-state index contributed by atoms with van der Waals surface area (Å²) in [7, 11) is 1.50. The molecule has 1 atom stereocenters. The van der Waals surface area contributed by atoms with E-state index in [4.69, 9.17) is 10.5 Å². The maximum atomic E-state index is 12.1. The molecule has 100 valence electrons. The highest BCUT2D eigenvalue weighted by Gasteiger charge is 2.24. The van der Waals surface area contributed by atoms with E-state index in [-0.39, 0.29) is 17.2 Å². The van der Waals surface area contributed by atoms with Crippen LogP contribution in [0.4, 0.5) is 0 Å². The highest BCUT2D eigenvalue weighted by molar-refractivity contribution is 5.97. The zero-order chi connectivity index (χ0) is 13.8. The second kappa shape index (κ2) is 5.73. The predicted octanol–water partition coefficient (Wildman–Crippen LogP) is 1.26. The van der Waals surface area contributed by atoms with Gasteiger partial charge in [0.25, 0.3) is 5.91 Å². The van der Waals surface area contributed by atoms with Crippen molar-refractivity contribution in [3.05, 3.63) is 23.8 Å². The lowest BCUT2D eigenvalue weighted by atomic mass is 9.98. The summed E-state index contributed by atoms with van der Waals surface area (Å²) in [6.45, 7) is 4.14. The van der Waals surface area contributed by atoms with Gasteiger partial charge in [-0.2, -0.15) is 0 Å². The van der Waals surface area contributed by atoms with Gasteiger partial charge < -0.3 is 20.9 Å². The van der Waals surface area contributed by atoms with Crippen molar-refractivity contribution in [2.24, 2.45) is 5.73 Å². The maximum absolute atomic E-state index is 12.1. The third-order valence-electron chi connectivity index (χ3n) is 3.09. The summed E-state index contributed by atoms with van der Waals surface area (Å²) in [5.74, 6) is 0.0777. The number of aromatic hydroxyl groups is 1. The standard InChI is InChI=1S/C13H20N2O3/c1-4-13(2,8-14)15-12(17)10-7-9(18-3)5-6-11(10)16/h5-7,16H,4,8,14H2,1-3H3,(H,15,17). The maximum Gasteiger partial charge on any atom is 0.255 e. The van der Waals surface area contributed by atoms with Crippen LogP contribution >= 0.6 is 0 Å². The lowest BCUT2D eigenvalue weighted by Crippen LogP contribution is -2.50. The van der Waals surface area contributed by atoms with Crippen LogP contribution in [0, 0.1) is 0 Å². The number of phenolic OH excluding ortho intramolecular Hbond substituents is 1. The van der Waals surface area contributed by atoms with Crippen LogP contribution in [0.3, 0.4) is 0 Å². The summed E-state index contributed by atoms with van der Waals surface area (Å²) in [4.78, 5) is 12.1. The number of carbonyl (C=O) groups excluding carboxylic acids is 1. The molecule has 1 rings (SSSR count). The first kappa shape index (κ1) is 14.3. The predicted molar refractivity (Wildman–Crippen MR) is 69.9 cm³/mol. The van der Waals surface area contributed by atoms with Crippen molar-refractivity contribution in [1.82, 2.24) is 5.32 Å². The molecule has 5 heteroatoms. The summed E-state index contributed by atoms with van der Waals surface area (Å²) in [5, 5.41) is 12.5. The number of hydrogen-bond donors (Lipinski definition) is 3. The molecular formula is C13H20N2O3. The second-order valence-electron chi connectivity index (χ2n) is 4.46. The molecule has 0 heterocycles. The van der Waals surface area contributed by atoms with Crippen LogP contribution in [0.2, 0.25) is 0 Å². The Hall–Kier alpha value is -1.75. The molecule has 0 saturated carbocycles. The van der Waals surface area contributed by atoms with Crippen LogP contribution in [0.25, 0.3) is 0 Å². The van der Waals surface area contributed by atoms with Gasteiger partial charge >= 0.3 is 0 Å². The van der Waals surface area contributed by atoms with Gasteiger partial charge in [-0.15, -0.1) is 0 Å². The first-order valence-corrected chi connectivity index (χ1v) is 5.85. The molecule has 0 aromatic heterocycles. The van der Waals surface area contributed by atoms with Crippen molar-refractivity contribution in [3.63, 3.8) is 0 Å². The number of nitrogens with two attached hydrogens (primary N) is 1. The third-order valence-corrected chi connectivity index (χ3v) is 3.09. The lowest BCUT2D eigenvalue weighted by molar-refractivity contribution is 0.0903. The van der Waals surface area contributed by atoms with Gasteiger partial charge in [-0.05, 0) is 31.5 Å². The van der Waals surface area contributed by atoms with Gasteiger partial charge in [0.1, 0.15) is 11.5 Å². The summed E-state index contributed by atoms with van der Waals surface area (Å²) >= 11 is 0. The highest BCUT2D eigenvalue weighted by Crippen LogP contribution is 2.23. The molecule has 0 aliphatic heterocycles. The minimum Gasteiger partial charge on any atom is -0.507 e. The molecule has 1 unspecified atom stereocenters. The molecule has 0 aliphatic carbocycles. The topological polar surface area (TPSA) is 84.6 Å². The highest BCUT2D eigenvalue weighted by atomic mass is 16.5. The van der Waals surface area contributed by atoms with Crippen molar-refractivity contribution in [1.29, 1.82) is 0 Å². The van der Waals surface area contributed by atoms with Gasteiger partial charge in [0.05, 0.1) is 12.7 Å². The normalized spacial score (nSPS) is 13.8. The number of benzene rings is 1. The first-order chi connectivity index (χ1) is 8.45. The minimum absolute atomic E-state index is 0.0798. The molecule has 1 aromatic carbocycles. The Labute approximate surface area is 107 Å². The monoisotopic (exact) mass is 252 g/mol. The number of methoxy groups -OCH3 is 1. The zero-order valence-electron chi connectivity index (χ0n) is 11.0. The van der Waals surface area contributed by atoms with Crippen LogP contribution < -0.4 is 15.8 Å². The Kier molecular flexibility index (Phi) is 4.55. The molecule has 1 amide bonds. The number of nitrogens with one attached hydrogen (secondary N) is 1. The smallest absolute Gasteiger partial charge is 0.255 e. The number of rotatable bonds is 5. The van der Waals surface area contributed by atoms with Crippen molar-refractivity contribution in [2.45, 2.75) is 25.8 Å². The van der Waals surface area contributed by atoms with Gasteiger partial charge in [0.2, 0.25) is 0 Å². The number of carbonyl (C=O) groups is 1. The molecule has 0 saturated heterocycles. The number of hydrogen-bond acceptors (Lipinski definition) is 4. The fourth-order valence-corrected chi connectivity index (χ4v) is 1.45. The molecular weight excluding hydrogens is 232 g/mol. The Morgan fingerprint density at radius 2 is 2.22 bits per heavy atom. The van der Waals surface area contributed by atoms with Gasteiger partial charge in [-0.25, -0.2) is 0 Å². The average molecular weight is 252 g/mol. The Morgan fingerprint density at radius 1 is 1.56 bits per heavy atom. The van der Waals surface area contributed by atoms with E-state index in [0.29, 0.717) is 18.7 Å². The molecule has 0 radical (unpaired) electrons. The number of phenols is 1. The Balaban J connectivity index is 2.97. The van der Waals surface area contributed by atoms with Crippen LogP contribution in [-0.4, -0.2) is 30.2 Å². The fraction of sp³-hybridized carbons (Fsp3) is 0.462. The molecule has 0 spiro atoms. The first-order valence-electron chi connectivity index (χ1n) is 5.85. The number of ether oxygens (including phenoxy) is 1. The second-order valence-corrected chi connectivity index (χ2v) is 4.46. The van der Waals surface area contributed by atoms with Gasteiger partial charge in [0, 0.05) is 12.1 Å². The summed E-state index contributed by atoms with van der Waals surface area (Å²) in [6, 6.07) is 4.52. The molecule has 1 aromatic rings. The third kappa shape index (κ3) is 3.13. The average Bonchev–Trinajstić information content (AvgIpc) is 2.39. The van der Waals surface area contributed by atoms with E-state index in [1.807, 2.05) is 13.8 Å². The SMILES string of the molecule is CCC(C)(CN)NC(=O)c1cc(OC)ccc1O. The van der Waals surface area contributed by atoms with E-state index in [1.54, 1.807) is 6.07 Å². The van der Waals surface area contributed by atoms with E-state index in [9.17, 15) is 9.90 Å². The van der Waals surface area contributed by atoms with Crippen molar-refractivity contribution in [3.8, 4) is 11.5 Å². The molecule has 18 heavy (non-hydrogen) atoms. The van der Waals surface area contributed by atoms with E-state index >= 15 is 0 Å². The summed E-state index contributed by atoms with van der Waals surface area (Å²) in [5.41, 5.74) is 5.34. The summed E-state index contributed by atoms with van der Waals surface area (Å²) < 4.78 is 5.03. The van der Waals surface area contributed by atoms with Crippen molar-refractivity contribution >= 4 is 5.91 Å². The van der Waals surface area contributed by atoms with Crippen LogP contribution in [0.5, 0.6) is 11.5 Å². The molecule has 0 bridgehead atoms. The molecule has 0 aliphatic rings.